The summed E-state index contributed by atoms with van der Waals surface area (Å²) in [5.41, 5.74) is 3.23. The second-order valence-corrected chi connectivity index (χ2v) is 9.04. The summed E-state index contributed by atoms with van der Waals surface area (Å²) < 4.78 is 0. The second kappa shape index (κ2) is 4.49. The molecule has 4 atom stereocenters. The van der Waals surface area contributed by atoms with Gasteiger partial charge in [0.15, 0.2) is 0 Å². The molecule has 0 saturated heterocycles. The van der Waals surface area contributed by atoms with Crippen molar-refractivity contribution in [3.63, 3.8) is 0 Å². The molecule has 0 heterocycles. The molecule has 0 unspecified atom stereocenters. The van der Waals surface area contributed by atoms with E-state index >= 15 is 0 Å². The minimum atomic E-state index is 0.357. The van der Waals surface area contributed by atoms with E-state index in [9.17, 15) is 0 Å². The quantitative estimate of drug-likeness (QED) is 0.503. The van der Waals surface area contributed by atoms with E-state index in [-0.39, 0.29) is 0 Å². The van der Waals surface area contributed by atoms with Crippen LogP contribution < -0.4 is 0 Å². The van der Waals surface area contributed by atoms with Gasteiger partial charge in [0, 0.05) is 0 Å². The zero-order chi connectivity index (χ0) is 14.6. The summed E-state index contributed by atoms with van der Waals surface area (Å²) in [7, 11) is 0. The highest BCUT2D eigenvalue weighted by Crippen LogP contribution is 2.63. The van der Waals surface area contributed by atoms with Crippen molar-refractivity contribution in [2.45, 2.75) is 72.6 Å². The van der Waals surface area contributed by atoms with E-state index in [4.69, 9.17) is 0 Å². The highest BCUT2D eigenvalue weighted by Gasteiger charge is 2.53. The van der Waals surface area contributed by atoms with Crippen molar-refractivity contribution in [3.05, 3.63) is 24.3 Å². The van der Waals surface area contributed by atoms with Crippen LogP contribution in [0.15, 0.2) is 24.3 Å². The second-order valence-electron chi connectivity index (χ2n) is 9.04. The maximum atomic E-state index is 4.09. The zero-order valence-corrected chi connectivity index (χ0v) is 14.0. The van der Waals surface area contributed by atoms with Gasteiger partial charge in [0.25, 0.3) is 0 Å². The molecule has 0 nitrogen and oxygen atoms in total. The molecule has 3 aliphatic carbocycles. The molecule has 3 rings (SSSR count). The summed E-state index contributed by atoms with van der Waals surface area (Å²) in [6.07, 6.45) is 14.5. The summed E-state index contributed by atoms with van der Waals surface area (Å²) in [5, 5.41) is 0. The maximum Gasteiger partial charge on any atom is -0.0112 e. The van der Waals surface area contributed by atoms with Gasteiger partial charge in [-0.25, -0.2) is 0 Å². The van der Waals surface area contributed by atoms with Crippen molar-refractivity contribution in [3.8, 4) is 0 Å². The summed E-state index contributed by atoms with van der Waals surface area (Å²) in [5.74, 6) is 1.75. The van der Waals surface area contributed by atoms with E-state index in [0.29, 0.717) is 16.2 Å². The number of allylic oxidation sites excluding steroid dienone is 3. The van der Waals surface area contributed by atoms with Crippen LogP contribution in [0.2, 0.25) is 0 Å². The first-order valence-electron chi connectivity index (χ1n) is 8.63. The van der Waals surface area contributed by atoms with E-state index in [1.54, 1.807) is 5.57 Å². The summed E-state index contributed by atoms with van der Waals surface area (Å²) in [6, 6.07) is 0. The molecule has 0 amide bonds. The van der Waals surface area contributed by atoms with Crippen LogP contribution in [0.3, 0.4) is 0 Å². The van der Waals surface area contributed by atoms with Crippen molar-refractivity contribution in [2.75, 3.05) is 0 Å². The Bertz CT molecular complexity index is 441. The van der Waals surface area contributed by atoms with Gasteiger partial charge in [-0.2, -0.15) is 0 Å². The summed E-state index contributed by atoms with van der Waals surface area (Å²) >= 11 is 0. The molecule has 112 valence electrons. The highest BCUT2D eigenvalue weighted by atomic mass is 14.6. The van der Waals surface area contributed by atoms with Crippen molar-refractivity contribution in [1.29, 1.82) is 0 Å². The number of rotatable bonds is 1. The van der Waals surface area contributed by atoms with E-state index in [0.717, 1.165) is 11.8 Å². The first-order valence-corrected chi connectivity index (χ1v) is 8.63. The third-order valence-corrected chi connectivity index (χ3v) is 7.24. The van der Waals surface area contributed by atoms with E-state index < -0.39 is 0 Å². The Morgan fingerprint density at radius 2 is 1.90 bits per heavy atom. The van der Waals surface area contributed by atoms with Gasteiger partial charge in [0.1, 0.15) is 0 Å². The Morgan fingerprint density at radius 1 is 1.15 bits per heavy atom. The molecule has 0 aromatic carbocycles. The molecule has 0 bridgehead atoms. The molecule has 0 N–H and O–H groups in total. The highest BCUT2D eigenvalue weighted by molar-refractivity contribution is 5.24. The largest absolute Gasteiger partial charge is 0.103 e. The van der Waals surface area contributed by atoms with Gasteiger partial charge < -0.3 is 0 Å². The Balaban J connectivity index is 1.94. The standard InChI is InChI=1S/C20H32/c1-6-19(4)13-10-16-15(14-19)8-9-17-18(2,3)11-7-12-20(16,17)5/h6,8,16-17H,1,7,9-14H2,2-5H3/t16-,17+,19+,20+/m1/s1. The van der Waals surface area contributed by atoms with Gasteiger partial charge in [-0.1, -0.05) is 51.8 Å². The fraction of sp³-hybridized carbons (Fsp3) is 0.800. The average molecular weight is 272 g/mol. The number of fused-ring (bicyclic) bond motifs is 3. The molecular weight excluding hydrogens is 240 g/mol. The van der Waals surface area contributed by atoms with E-state index in [2.05, 4.69) is 46.4 Å². The topological polar surface area (TPSA) is 0 Å². The van der Waals surface area contributed by atoms with Crippen molar-refractivity contribution >= 4 is 0 Å². The van der Waals surface area contributed by atoms with E-state index in [1.165, 1.54) is 44.9 Å². The minimum Gasteiger partial charge on any atom is -0.103 e. The maximum absolute atomic E-state index is 4.09. The van der Waals surface area contributed by atoms with Gasteiger partial charge in [-0.15, -0.1) is 6.58 Å². The molecule has 3 aliphatic rings. The van der Waals surface area contributed by atoms with E-state index in [1.807, 2.05) is 0 Å². The lowest BCUT2D eigenvalue weighted by atomic mass is 9.46. The fourth-order valence-corrected chi connectivity index (χ4v) is 5.92. The average Bonchev–Trinajstić information content (AvgIpc) is 2.37. The zero-order valence-electron chi connectivity index (χ0n) is 14.0. The summed E-state index contributed by atoms with van der Waals surface area (Å²) in [6.45, 7) is 14.1. The minimum absolute atomic E-state index is 0.357. The lowest BCUT2D eigenvalue weighted by molar-refractivity contribution is -0.0489. The van der Waals surface area contributed by atoms with Crippen LogP contribution in [0.4, 0.5) is 0 Å². The first kappa shape index (κ1) is 14.4. The number of hydrogen-bond donors (Lipinski definition) is 0. The molecule has 0 radical (unpaired) electrons. The molecule has 2 saturated carbocycles. The van der Waals surface area contributed by atoms with Crippen LogP contribution in [0, 0.1) is 28.1 Å². The van der Waals surface area contributed by atoms with Crippen LogP contribution in [0.5, 0.6) is 0 Å². The molecule has 2 fully saturated rings. The Morgan fingerprint density at radius 3 is 2.60 bits per heavy atom. The van der Waals surface area contributed by atoms with Gasteiger partial charge in [0.05, 0.1) is 0 Å². The van der Waals surface area contributed by atoms with Gasteiger partial charge in [-0.3, -0.25) is 0 Å². The molecule has 20 heavy (non-hydrogen) atoms. The van der Waals surface area contributed by atoms with Gasteiger partial charge in [0.2, 0.25) is 0 Å². The Kier molecular flexibility index (Phi) is 3.23. The van der Waals surface area contributed by atoms with Crippen LogP contribution in [0.25, 0.3) is 0 Å². The smallest absolute Gasteiger partial charge is 0.0112 e. The molecule has 0 spiro atoms. The molecule has 0 heteroatoms. The van der Waals surface area contributed by atoms with Crippen LogP contribution in [-0.4, -0.2) is 0 Å². The fourth-order valence-electron chi connectivity index (χ4n) is 5.92. The van der Waals surface area contributed by atoms with Crippen LogP contribution >= 0.6 is 0 Å². The predicted molar refractivity (Wildman–Crippen MR) is 87.6 cm³/mol. The van der Waals surface area contributed by atoms with Crippen molar-refractivity contribution in [2.24, 2.45) is 28.1 Å². The van der Waals surface area contributed by atoms with Crippen LogP contribution in [-0.2, 0) is 0 Å². The van der Waals surface area contributed by atoms with Gasteiger partial charge >= 0.3 is 0 Å². The molecule has 0 aromatic heterocycles. The molecule has 0 aliphatic heterocycles. The molecular formula is C20H32. The van der Waals surface area contributed by atoms with Gasteiger partial charge in [-0.05, 0) is 66.6 Å². The third-order valence-electron chi connectivity index (χ3n) is 7.24. The monoisotopic (exact) mass is 272 g/mol. The first-order chi connectivity index (χ1) is 9.31. The van der Waals surface area contributed by atoms with Crippen molar-refractivity contribution < 1.29 is 0 Å². The predicted octanol–water partition coefficient (Wildman–Crippen LogP) is 6.14. The third kappa shape index (κ3) is 2.02. The molecule has 0 aromatic rings. The SMILES string of the molecule is C=C[C@@]1(C)CC[C@@H]2C(=CC[C@H]3C(C)(C)CCC[C@@]23C)C1. The Hall–Kier alpha value is -0.520. The normalized spacial score (nSPS) is 46.9. The van der Waals surface area contributed by atoms with Crippen LogP contribution in [0.1, 0.15) is 72.6 Å². The lowest BCUT2D eigenvalue weighted by Gasteiger charge is -2.59. The lowest BCUT2D eigenvalue weighted by Crippen LogP contribution is -2.50. The Labute approximate surface area is 125 Å². The number of hydrogen-bond acceptors (Lipinski definition) is 0. The summed E-state index contributed by atoms with van der Waals surface area (Å²) in [4.78, 5) is 0. The van der Waals surface area contributed by atoms with Crippen molar-refractivity contribution in [1.82, 2.24) is 0 Å².